The van der Waals surface area contributed by atoms with Gasteiger partial charge in [-0.2, -0.15) is 25.3 Å². The van der Waals surface area contributed by atoms with E-state index in [0.717, 1.165) is 16.7 Å². The number of benzene rings is 2. The van der Waals surface area contributed by atoms with Gasteiger partial charge in [0.2, 0.25) is 23.6 Å². The first-order valence-corrected chi connectivity index (χ1v) is 16.0. The van der Waals surface area contributed by atoms with Gasteiger partial charge in [-0.15, -0.1) is 0 Å². The second-order valence-electron chi connectivity index (χ2n) is 12.9. The van der Waals surface area contributed by atoms with E-state index in [9.17, 15) is 34.2 Å². The van der Waals surface area contributed by atoms with Gasteiger partial charge in [-0.1, -0.05) is 37.3 Å². The second-order valence-corrected chi connectivity index (χ2v) is 15.2. The fraction of sp³-hybridized carbons (Fsp3) is 0.485. The Morgan fingerprint density at radius 2 is 1.34 bits per heavy atom. The number of amides is 4. The van der Waals surface area contributed by atoms with E-state index in [-0.39, 0.29) is 12.2 Å². The Morgan fingerprint density at radius 1 is 0.830 bits per heavy atom. The van der Waals surface area contributed by atoms with Crippen molar-refractivity contribution in [2.45, 2.75) is 94.5 Å². The fourth-order valence-electron chi connectivity index (χ4n) is 5.24. The van der Waals surface area contributed by atoms with Gasteiger partial charge in [-0.05, 0) is 75.9 Å². The molecular weight excluding hydrogens is 643 g/mol. The first-order valence-electron chi connectivity index (χ1n) is 15.1. The topological polar surface area (TPSA) is 200 Å². The molecule has 0 saturated carbocycles. The van der Waals surface area contributed by atoms with Gasteiger partial charge in [0.15, 0.2) is 0 Å². The van der Waals surface area contributed by atoms with E-state index in [1.165, 1.54) is 13.8 Å². The Hall–Kier alpha value is -3.75. The minimum atomic E-state index is -1.36. The summed E-state index contributed by atoms with van der Waals surface area (Å²) in [6.45, 7) is 11.1. The van der Waals surface area contributed by atoms with E-state index < -0.39 is 75.7 Å². The second kappa shape index (κ2) is 16.4. The third-order valence-corrected chi connectivity index (χ3v) is 8.24. The minimum Gasteiger partial charge on any atom is -0.508 e. The largest absolute Gasteiger partial charge is 0.508 e. The number of carboxylic acids is 1. The van der Waals surface area contributed by atoms with E-state index in [1.807, 2.05) is 0 Å². The van der Waals surface area contributed by atoms with Crippen LogP contribution in [0.5, 0.6) is 5.75 Å². The summed E-state index contributed by atoms with van der Waals surface area (Å²) < 4.78 is -2.19. The zero-order valence-corrected chi connectivity index (χ0v) is 29.5. The highest BCUT2D eigenvalue weighted by Crippen LogP contribution is 2.29. The summed E-state index contributed by atoms with van der Waals surface area (Å²) in [5.41, 5.74) is 9.37. The molecule has 2 rings (SSSR count). The zero-order chi connectivity index (χ0) is 35.9. The quantitative estimate of drug-likeness (QED) is 0.126. The Labute approximate surface area is 286 Å². The third-order valence-electron chi connectivity index (χ3n) is 7.73. The molecule has 0 fully saturated rings. The van der Waals surface area contributed by atoms with Crippen molar-refractivity contribution in [3.63, 3.8) is 0 Å². The van der Waals surface area contributed by atoms with Crippen molar-refractivity contribution >= 4 is 54.9 Å². The predicted octanol–water partition coefficient (Wildman–Crippen LogP) is 1.75. The minimum absolute atomic E-state index is 0.0457. The van der Waals surface area contributed by atoms with Gasteiger partial charge in [-0.25, -0.2) is 4.79 Å². The first kappa shape index (κ1) is 39.4. The first-order chi connectivity index (χ1) is 21.6. The molecule has 0 saturated heterocycles. The third kappa shape index (κ3) is 11.5. The van der Waals surface area contributed by atoms with Crippen LogP contribution >= 0.6 is 25.3 Å². The normalized spacial score (nSPS) is 14.9. The zero-order valence-electron chi connectivity index (χ0n) is 27.7. The molecule has 2 aromatic rings. The molecule has 258 valence electrons. The summed E-state index contributed by atoms with van der Waals surface area (Å²) in [4.78, 5) is 64.7. The molecule has 0 spiro atoms. The maximum absolute atomic E-state index is 13.3. The van der Waals surface area contributed by atoms with Crippen LogP contribution in [0.3, 0.4) is 0 Å². The van der Waals surface area contributed by atoms with Crippen LogP contribution in [0.4, 0.5) is 0 Å². The van der Waals surface area contributed by atoms with E-state index >= 15 is 0 Å². The summed E-state index contributed by atoms with van der Waals surface area (Å²) in [6.07, 6.45) is 0.0457. The van der Waals surface area contributed by atoms with Crippen LogP contribution in [0.2, 0.25) is 0 Å². The molecule has 0 unspecified atom stereocenters. The molecule has 14 heteroatoms. The maximum Gasteiger partial charge on any atom is 0.327 e. The van der Waals surface area contributed by atoms with Crippen molar-refractivity contribution < 1.29 is 34.2 Å². The van der Waals surface area contributed by atoms with Crippen molar-refractivity contribution in [2.75, 3.05) is 6.54 Å². The van der Waals surface area contributed by atoms with Crippen LogP contribution in [0.1, 0.15) is 62.8 Å². The van der Waals surface area contributed by atoms with Gasteiger partial charge >= 0.3 is 5.97 Å². The van der Waals surface area contributed by atoms with Crippen molar-refractivity contribution in [3.8, 4) is 5.75 Å². The highest BCUT2D eigenvalue weighted by atomic mass is 32.1. The lowest BCUT2D eigenvalue weighted by atomic mass is 9.86. The van der Waals surface area contributed by atoms with Gasteiger partial charge < -0.3 is 37.2 Å². The lowest BCUT2D eigenvalue weighted by Crippen LogP contribution is -2.60. The highest BCUT2D eigenvalue weighted by molar-refractivity contribution is 7.82. The van der Waals surface area contributed by atoms with Crippen molar-refractivity contribution in [1.29, 1.82) is 0 Å². The van der Waals surface area contributed by atoms with E-state index in [2.05, 4.69) is 46.5 Å². The summed E-state index contributed by atoms with van der Waals surface area (Å²) in [5, 5.41) is 29.7. The van der Waals surface area contributed by atoms with Crippen molar-refractivity contribution in [2.24, 2.45) is 5.73 Å². The monoisotopic (exact) mass is 689 g/mol. The fourth-order valence-corrected chi connectivity index (χ4v) is 5.59. The SMILES string of the molecule is Cc1cc(O)cc(C)c1[C@H](C)[C@H](N)C(=O)N[C@H](C(=O)NCC(=O)N[C@@H](Cc1ccccc1)C(=O)N[C@H](C(=O)O)C(C)(C)S)C(C)(C)S. The number of hydrogen-bond donors (Lipinski definition) is 9. The molecule has 0 heterocycles. The van der Waals surface area contributed by atoms with Crippen LogP contribution in [0.25, 0.3) is 0 Å². The van der Waals surface area contributed by atoms with Crippen molar-refractivity contribution in [3.05, 3.63) is 64.7 Å². The Bertz CT molecular complexity index is 1430. The number of aryl methyl sites for hydroxylation is 2. The summed E-state index contributed by atoms with van der Waals surface area (Å²) in [5.74, 6) is -4.45. The molecule has 4 amide bonds. The molecule has 5 atom stereocenters. The molecule has 0 aliphatic rings. The van der Waals surface area contributed by atoms with Crippen LogP contribution in [-0.4, -0.2) is 80.0 Å². The van der Waals surface area contributed by atoms with Gasteiger partial charge in [0.1, 0.15) is 23.9 Å². The number of carbonyl (C=O) groups is 5. The van der Waals surface area contributed by atoms with E-state index in [0.29, 0.717) is 5.56 Å². The van der Waals surface area contributed by atoms with Gasteiger partial charge in [-0.3, -0.25) is 19.2 Å². The molecule has 0 radical (unpaired) electrons. The van der Waals surface area contributed by atoms with Crippen LogP contribution in [0, 0.1) is 13.8 Å². The molecule has 2 aromatic carbocycles. The molecular formula is C33H47N5O7S2. The smallest absolute Gasteiger partial charge is 0.327 e. The van der Waals surface area contributed by atoms with Crippen LogP contribution in [-0.2, 0) is 30.4 Å². The number of phenols is 1. The number of aromatic hydroxyl groups is 1. The number of nitrogens with two attached hydrogens (primary N) is 1. The van der Waals surface area contributed by atoms with Crippen LogP contribution in [0.15, 0.2) is 42.5 Å². The number of nitrogens with one attached hydrogen (secondary N) is 4. The predicted molar refractivity (Wildman–Crippen MR) is 187 cm³/mol. The molecule has 47 heavy (non-hydrogen) atoms. The van der Waals surface area contributed by atoms with E-state index in [1.54, 1.807) is 77.1 Å². The van der Waals surface area contributed by atoms with Crippen molar-refractivity contribution in [1.82, 2.24) is 21.3 Å². The molecule has 0 bridgehead atoms. The Balaban J connectivity index is 2.16. The molecule has 8 N–H and O–H groups in total. The van der Waals surface area contributed by atoms with Crippen LogP contribution < -0.4 is 27.0 Å². The average molecular weight is 690 g/mol. The lowest BCUT2D eigenvalue weighted by molar-refractivity contribution is -0.143. The lowest BCUT2D eigenvalue weighted by Gasteiger charge is -2.32. The number of aliphatic carboxylic acids is 1. The number of carbonyl (C=O) groups excluding carboxylic acids is 4. The Kier molecular flexibility index (Phi) is 13.7. The Morgan fingerprint density at radius 3 is 1.83 bits per heavy atom. The number of thiol groups is 2. The van der Waals surface area contributed by atoms with Gasteiger partial charge in [0.25, 0.3) is 0 Å². The summed E-state index contributed by atoms with van der Waals surface area (Å²) in [7, 11) is 0. The van der Waals surface area contributed by atoms with Gasteiger partial charge in [0, 0.05) is 21.8 Å². The number of rotatable bonds is 15. The maximum atomic E-state index is 13.3. The highest BCUT2D eigenvalue weighted by Gasteiger charge is 2.38. The van der Waals surface area contributed by atoms with Gasteiger partial charge in [0.05, 0.1) is 12.6 Å². The molecule has 0 aliphatic heterocycles. The molecule has 0 aromatic heterocycles. The number of hydrogen-bond acceptors (Lipinski definition) is 9. The number of carboxylic acid groups (broad SMARTS) is 1. The molecule has 12 nitrogen and oxygen atoms in total. The standard InChI is InChI=1S/C33H47N5O7S2/c1-17-13-21(39)14-18(2)24(17)19(3)25(34)29(42)37-26(32(4,5)46)30(43)35-16-23(40)36-22(15-20-11-9-8-10-12-20)28(41)38-27(31(44)45)33(6,7)47/h8-14,19,22,25-27,39,46-47H,15-16,34H2,1-7H3,(H,35,43)(H,36,40)(H,37,42)(H,38,41)(H,44,45)/t19-,22-,25-,26+,27+/m0/s1. The summed E-state index contributed by atoms with van der Waals surface area (Å²) in [6, 6.07) is 7.19. The number of phenolic OH excluding ortho intramolecular Hbond substituents is 1. The summed E-state index contributed by atoms with van der Waals surface area (Å²) >= 11 is 8.79. The average Bonchev–Trinajstić information content (AvgIpc) is 2.94. The molecule has 0 aliphatic carbocycles. The van der Waals surface area contributed by atoms with E-state index in [4.69, 9.17) is 5.73 Å².